The molecular formula is C23H26FNO. The third-order valence-electron chi connectivity index (χ3n) is 6.16. The van der Waals surface area contributed by atoms with E-state index in [1.165, 1.54) is 44.2 Å². The van der Waals surface area contributed by atoms with Gasteiger partial charge in [-0.15, -0.1) is 0 Å². The lowest BCUT2D eigenvalue weighted by Crippen LogP contribution is -2.21. The van der Waals surface area contributed by atoms with Gasteiger partial charge in [0.15, 0.2) is 0 Å². The molecule has 2 aliphatic carbocycles. The molecular weight excluding hydrogens is 325 g/mol. The Labute approximate surface area is 155 Å². The van der Waals surface area contributed by atoms with E-state index in [4.69, 9.17) is 4.74 Å². The lowest BCUT2D eigenvalue weighted by molar-refractivity contribution is 0.0779. The zero-order valence-corrected chi connectivity index (χ0v) is 15.3. The number of benzene rings is 1. The van der Waals surface area contributed by atoms with E-state index in [-0.39, 0.29) is 5.82 Å². The van der Waals surface area contributed by atoms with Gasteiger partial charge in [0.1, 0.15) is 5.82 Å². The maximum Gasteiger partial charge on any atom is 0.123 e. The Balaban J connectivity index is 1.49. The molecule has 4 atom stereocenters. The first kappa shape index (κ1) is 17.4. The number of hydrogen-bond donors (Lipinski definition) is 0. The maximum absolute atomic E-state index is 13.4. The van der Waals surface area contributed by atoms with Crippen LogP contribution in [0.25, 0.3) is 17.2 Å². The molecule has 0 aliphatic heterocycles. The molecule has 2 aliphatic rings. The predicted molar refractivity (Wildman–Crippen MR) is 103 cm³/mol. The summed E-state index contributed by atoms with van der Waals surface area (Å²) in [6.07, 6.45) is 13.2. The number of methoxy groups -OCH3 is 1. The smallest absolute Gasteiger partial charge is 0.123 e. The van der Waals surface area contributed by atoms with Gasteiger partial charge in [-0.3, -0.25) is 4.98 Å². The van der Waals surface area contributed by atoms with E-state index in [0.717, 1.165) is 28.7 Å². The molecule has 1 heterocycles. The van der Waals surface area contributed by atoms with E-state index in [2.05, 4.69) is 17.1 Å². The van der Waals surface area contributed by atoms with Crippen LogP contribution < -0.4 is 0 Å². The van der Waals surface area contributed by atoms with Gasteiger partial charge in [-0.05, 0) is 54.5 Å². The molecule has 2 aromatic rings. The van der Waals surface area contributed by atoms with Crippen molar-refractivity contribution in [2.75, 3.05) is 7.11 Å². The van der Waals surface area contributed by atoms with Crippen molar-refractivity contribution in [3.05, 3.63) is 60.2 Å². The summed E-state index contributed by atoms with van der Waals surface area (Å²) in [5.74, 6) is 1.86. The van der Waals surface area contributed by atoms with Crippen LogP contribution in [0.3, 0.4) is 0 Å². The molecule has 0 unspecified atom stereocenters. The highest BCUT2D eigenvalue weighted by molar-refractivity contribution is 5.63. The van der Waals surface area contributed by atoms with Crippen LogP contribution in [0.4, 0.5) is 4.39 Å². The molecule has 1 aromatic heterocycles. The van der Waals surface area contributed by atoms with Crippen molar-refractivity contribution in [1.29, 1.82) is 0 Å². The van der Waals surface area contributed by atoms with E-state index in [1.807, 2.05) is 31.5 Å². The van der Waals surface area contributed by atoms with Gasteiger partial charge >= 0.3 is 0 Å². The highest BCUT2D eigenvalue weighted by atomic mass is 19.1. The largest absolute Gasteiger partial charge is 0.381 e. The molecule has 0 amide bonds. The number of halogens is 1. The van der Waals surface area contributed by atoms with Crippen molar-refractivity contribution in [3.8, 4) is 11.1 Å². The lowest BCUT2D eigenvalue weighted by Gasteiger charge is -2.28. The minimum absolute atomic E-state index is 0.222. The van der Waals surface area contributed by atoms with Gasteiger partial charge < -0.3 is 4.74 Å². The fourth-order valence-corrected chi connectivity index (χ4v) is 4.84. The molecule has 26 heavy (non-hydrogen) atoms. The van der Waals surface area contributed by atoms with E-state index in [1.54, 1.807) is 6.07 Å². The van der Waals surface area contributed by atoms with Crippen molar-refractivity contribution < 1.29 is 9.13 Å². The average molecular weight is 351 g/mol. The minimum Gasteiger partial charge on any atom is -0.381 e. The summed E-state index contributed by atoms with van der Waals surface area (Å²) in [6.45, 7) is 0. The van der Waals surface area contributed by atoms with Crippen LogP contribution in [-0.2, 0) is 4.74 Å². The average Bonchev–Trinajstić information content (AvgIpc) is 3.04. The number of pyridine rings is 1. The minimum atomic E-state index is -0.222. The van der Waals surface area contributed by atoms with E-state index >= 15 is 0 Å². The first-order valence-electron chi connectivity index (χ1n) is 9.67. The predicted octanol–water partition coefficient (Wildman–Crippen LogP) is 5.74. The quantitative estimate of drug-likeness (QED) is 0.700. The number of nitrogens with zero attached hydrogens (tertiary/aromatic N) is 1. The third-order valence-corrected chi connectivity index (χ3v) is 6.16. The number of rotatable bonds is 4. The number of fused-ring (bicyclic) bond motifs is 1. The van der Waals surface area contributed by atoms with Crippen molar-refractivity contribution >= 4 is 6.08 Å². The molecule has 0 bridgehead atoms. The Bertz CT molecular complexity index is 770. The van der Waals surface area contributed by atoms with E-state index in [0.29, 0.717) is 12.0 Å². The Kier molecular flexibility index (Phi) is 5.16. The van der Waals surface area contributed by atoms with Crippen molar-refractivity contribution in [2.45, 2.75) is 38.2 Å². The first-order valence-corrected chi connectivity index (χ1v) is 9.67. The standard InChI is InChI=1S/C23H26FNO/c1-26-23-14-17-5-2-3-8-21(17)22(23)12-11-20-10-9-18(15-25-20)16-6-4-7-19(24)13-16/h4,6-7,9-13,15,17,21-23H,2-3,5,8,14H2,1H3/t17-,21+,22+,23+/m1/s1. The van der Waals surface area contributed by atoms with Crippen LogP contribution in [0, 0.1) is 23.6 Å². The summed E-state index contributed by atoms with van der Waals surface area (Å²) >= 11 is 0. The maximum atomic E-state index is 13.4. The highest BCUT2D eigenvalue weighted by Gasteiger charge is 2.42. The van der Waals surface area contributed by atoms with Gasteiger partial charge in [0.05, 0.1) is 11.8 Å². The lowest BCUT2D eigenvalue weighted by atomic mass is 9.78. The molecule has 136 valence electrons. The summed E-state index contributed by atoms with van der Waals surface area (Å²) in [7, 11) is 1.84. The topological polar surface area (TPSA) is 22.1 Å². The van der Waals surface area contributed by atoms with Gasteiger partial charge in [0, 0.05) is 24.8 Å². The first-order chi connectivity index (χ1) is 12.7. The molecule has 2 nitrogen and oxygen atoms in total. The third kappa shape index (κ3) is 3.59. The van der Waals surface area contributed by atoms with Crippen molar-refractivity contribution in [1.82, 2.24) is 4.98 Å². The molecule has 2 saturated carbocycles. The Hall–Kier alpha value is -2.00. The molecule has 0 N–H and O–H groups in total. The van der Waals surface area contributed by atoms with Crippen molar-refractivity contribution in [2.24, 2.45) is 17.8 Å². The summed E-state index contributed by atoms with van der Waals surface area (Å²) in [5.41, 5.74) is 2.73. The highest BCUT2D eigenvalue weighted by Crippen LogP contribution is 2.47. The molecule has 4 rings (SSSR count). The molecule has 1 aromatic carbocycles. The van der Waals surface area contributed by atoms with Crippen LogP contribution >= 0.6 is 0 Å². The SMILES string of the molecule is CO[C@H]1C[C@H]2CCCC[C@@H]2[C@@H]1C=Cc1ccc(-c2cccc(F)c2)cn1. The summed E-state index contributed by atoms with van der Waals surface area (Å²) in [5, 5.41) is 0. The van der Waals surface area contributed by atoms with Crippen LogP contribution in [0.2, 0.25) is 0 Å². The van der Waals surface area contributed by atoms with Gasteiger partial charge in [-0.25, -0.2) is 4.39 Å². The molecule has 3 heteroatoms. The molecule has 0 spiro atoms. The second-order valence-corrected chi connectivity index (χ2v) is 7.64. The fraction of sp³-hybridized carbons (Fsp3) is 0.435. The van der Waals surface area contributed by atoms with E-state index in [9.17, 15) is 4.39 Å². The summed E-state index contributed by atoms with van der Waals surface area (Å²) < 4.78 is 19.2. The molecule has 0 radical (unpaired) electrons. The van der Waals surface area contributed by atoms with Crippen LogP contribution in [0.1, 0.15) is 37.8 Å². The number of hydrogen-bond acceptors (Lipinski definition) is 2. The zero-order chi connectivity index (χ0) is 17.9. The Morgan fingerprint density at radius 1 is 1.12 bits per heavy atom. The number of ether oxygens (including phenoxy) is 1. The second kappa shape index (κ2) is 7.71. The molecule has 2 fully saturated rings. The van der Waals surface area contributed by atoms with Crippen LogP contribution in [-0.4, -0.2) is 18.2 Å². The second-order valence-electron chi connectivity index (χ2n) is 7.64. The van der Waals surface area contributed by atoms with Gasteiger partial charge in [0.2, 0.25) is 0 Å². The molecule has 0 saturated heterocycles. The van der Waals surface area contributed by atoms with Gasteiger partial charge in [-0.2, -0.15) is 0 Å². The normalized spacial score (nSPS) is 28.4. The Morgan fingerprint density at radius 3 is 2.77 bits per heavy atom. The van der Waals surface area contributed by atoms with E-state index < -0.39 is 0 Å². The fourth-order valence-electron chi connectivity index (χ4n) is 4.84. The summed E-state index contributed by atoms with van der Waals surface area (Å²) in [6, 6.07) is 10.6. The monoisotopic (exact) mass is 351 g/mol. The van der Waals surface area contributed by atoms with Crippen LogP contribution in [0.15, 0.2) is 48.7 Å². The number of aromatic nitrogens is 1. The zero-order valence-electron chi connectivity index (χ0n) is 15.3. The van der Waals surface area contributed by atoms with Gasteiger partial charge in [0.25, 0.3) is 0 Å². The summed E-state index contributed by atoms with van der Waals surface area (Å²) in [4.78, 5) is 4.55. The van der Waals surface area contributed by atoms with Crippen LogP contribution in [0.5, 0.6) is 0 Å². The van der Waals surface area contributed by atoms with Crippen molar-refractivity contribution in [3.63, 3.8) is 0 Å². The Morgan fingerprint density at radius 2 is 2.00 bits per heavy atom. The van der Waals surface area contributed by atoms with Gasteiger partial charge in [-0.1, -0.05) is 43.5 Å².